The molecule has 2 N–H and O–H groups in total. The number of hydrogen-bond donors (Lipinski definition) is 2. The first-order valence-corrected chi connectivity index (χ1v) is 8.06. The topological polar surface area (TPSA) is 70.2 Å². The molecule has 1 aliphatic carbocycles. The Balaban J connectivity index is 1.49. The molecule has 0 atom stereocenters. The van der Waals surface area contributed by atoms with Gasteiger partial charge in [0.15, 0.2) is 11.6 Å². The molecule has 2 aliphatic rings. The number of rotatable bonds is 3. The van der Waals surface area contributed by atoms with Gasteiger partial charge in [-0.3, -0.25) is 5.32 Å². The van der Waals surface area contributed by atoms with E-state index in [0.29, 0.717) is 11.9 Å². The maximum absolute atomic E-state index is 11.7. The molecule has 1 aromatic carbocycles. The number of urea groups is 1. The number of para-hydroxylation sites is 1. The molecule has 118 valence electrons. The molecule has 0 bridgehead atoms. The van der Waals surface area contributed by atoms with Crippen LogP contribution in [0.4, 0.5) is 22.1 Å². The Labute approximate surface area is 134 Å². The fraction of sp³-hybridized carbons (Fsp3) is 0.353. The standard InChI is InChI=1S/C17H19N5O/c23-17(18-13-7-8-13)19-15-9-10-16(21-20-15)22-11-3-5-12-4-1-2-6-14(12)22/h1-2,4,6,9-10,13H,3,5,7-8,11H2,(H2,18,19,20,23). The largest absolute Gasteiger partial charge is 0.335 e. The second-order valence-corrected chi connectivity index (χ2v) is 6.03. The molecule has 4 rings (SSSR count). The van der Waals surface area contributed by atoms with Gasteiger partial charge < -0.3 is 10.2 Å². The summed E-state index contributed by atoms with van der Waals surface area (Å²) >= 11 is 0. The number of carbonyl (C=O) groups excluding carboxylic acids is 1. The second-order valence-electron chi connectivity index (χ2n) is 6.03. The number of nitrogens with zero attached hydrogens (tertiary/aromatic N) is 3. The lowest BCUT2D eigenvalue weighted by atomic mass is 10.0. The van der Waals surface area contributed by atoms with Gasteiger partial charge in [0.25, 0.3) is 0 Å². The van der Waals surface area contributed by atoms with E-state index in [2.05, 4.69) is 43.9 Å². The van der Waals surface area contributed by atoms with E-state index in [1.54, 1.807) is 6.07 Å². The van der Waals surface area contributed by atoms with Crippen molar-refractivity contribution in [3.63, 3.8) is 0 Å². The molecule has 0 spiro atoms. The molecule has 1 fully saturated rings. The summed E-state index contributed by atoms with van der Waals surface area (Å²) in [6, 6.07) is 12.2. The molecule has 0 saturated heterocycles. The molecule has 1 aliphatic heterocycles. The van der Waals surface area contributed by atoms with Crippen molar-refractivity contribution >= 4 is 23.4 Å². The Kier molecular flexibility index (Phi) is 3.57. The first-order valence-electron chi connectivity index (χ1n) is 8.06. The third-order valence-electron chi connectivity index (χ3n) is 4.19. The van der Waals surface area contributed by atoms with E-state index < -0.39 is 0 Å². The van der Waals surface area contributed by atoms with E-state index in [4.69, 9.17) is 0 Å². The number of amides is 2. The molecule has 2 heterocycles. The molecule has 6 heteroatoms. The summed E-state index contributed by atoms with van der Waals surface area (Å²) in [5.41, 5.74) is 2.53. The number of anilines is 3. The van der Waals surface area contributed by atoms with Crippen LogP contribution in [0.1, 0.15) is 24.8 Å². The van der Waals surface area contributed by atoms with Gasteiger partial charge in [0.05, 0.1) is 0 Å². The van der Waals surface area contributed by atoms with Gasteiger partial charge in [0, 0.05) is 18.3 Å². The minimum absolute atomic E-state index is 0.210. The predicted octanol–water partition coefficient (Wildman–Crippen LogP) is 2.84. The van der Waals surface area contributed by atoms with Crippen LogP contribution in [-0.2, 0) is 6.42 Å². The fourth-order valence-corrected chi connectivity index (χ4v) is 2.87. The van der Waals surface area contributed by atoms with Gasteiger partial charge in [-0.1, -0.05) is 18.2 Å². The minimum atomic E-state index is -0.210. The van der Waals surface area contributed by atoms with E-state index in [0.717, 1.165) is 38.0 Å². The van der Waals surface area contributed by atoms with Gasteiger partial charge in [-0.2, -0.15) is 0 Å². The van der Waals surface area contributed by atoms with Crippen molar-refractivity contribution in [1.29, 1.82) is 0 Å². The lowest BCUT2D eigenvalue weighted by Crippen LogP contribution is -2.31. The van der Waals surface area contributed by atoms with Crippen molar-refractivity contribution in [3.8, 4) is 0 Å². The highest BCUT2D eigenvalue weighted by Gasteiger charge is 2.23. The van der Waals surface area contributed by atoms with Crippen molar-refractivity contribution in [2.24, 2.45) is 0 Å². The van der Waals surface area contributed by atoms with Crippen LogP contribution in [0.2, 0.25) is 0 Å². The summed E-state index contributed by atoms with van der Waals surface area (Å²) in [6.07, 6.45) is 4.32. The van der Waals surface area contributed by atoms with Crippen molar-refractivity contribution < 1.29 is 4.79 Å². The number of nitrogens with one attached hydrogen (secondary N) is 2. The summed E-state index contributed by atoms with van der Waals surface area (Å²) in [7, 11) is 0. The normalized spacial score (nSPS) is 16.6. The predicted molar refractivity (Wildman–Crippen MR) is 89.0 cm³/mol. The summed E-state index contributed by atoms with van der Waals surface area (Å²) in [4.78, 5) is 13.9. The van der Waals surface area contributed by atoms with Gasteiger partial charge in [-0.15, -0.1) is 10.2 Å². The van der Waals surface area contributed by atoms with Crippen LogP contribution >= 0.6 is 0 Å². The Morgan fingerprint density at radius 1 is 1.13 bits per heavy atom. The molecule has 2 amide bonds. The lowest BCUT2D eigenvalue weighted by molar-refractivity contribution is 0.251. The highest BCUT2D eigenvalue weighted by atomic mass is 16.2. The third kappa shape index (κ3) is 3.11. The van der Waals surface area contributed by atoms with Crippen molar-refractivity contribution in [2.75, 3.05) is 16.8 Å². The average molecular weight is 309 g/mol. The number of hydrogen-bond acceptors (Lipinski definition) is 4. The maximum Gasteiger partial charge on any atom is 0.320 e. The van der Waals surface area contributed by atoms with Gasteiger partial charge in [-0.25, -0.2) is 4.79 Å². The van der Waals surface area contributed by atoms with Crippen LogP contribution in [0.3, 0.4) is 0 Å². The van der Waals surface area contributed by atoms with Crippen molar-refractivity contribution in [2.45, 2.75) is 31.7 Å². The Bertz CT molecular complexity index is 711. The van der Waals surface area contributed by atoms with Gasteiger partial charge in [0.1, 0.15) is 0 Å². The van der Waals surface area contributed by atoms with E-state index in [1.807, 2.05) is 12.1 Å². The lowest BCUT2D eigenvalue weighted by Gasteiger charge is -2.29. The number of aromatic nitrogens is 2. The molecule has 1 saturated carbocycles. The SMILES string of the molecule is O=C(Nc1ccc(N2CCCc3ccccc32)nn1)NC1CC1. The number of fused-ring (bicyclic) bond motifs is 1. The number of carbonyl (C=O) groups is 1. The fourth-order valence-electron chi connectivity index (χ4n) is 2.87. The summed E-state index contributed by atoms with van der Waals surface area (Å²) in [6.45, 7) is 0.931. The van der Waals surface area contributed by atoms with Gasteiger partial charge in [0.2, 0.25) is 0 Å². The van der Waals surface area contributed by atoms with E-state index in [1.165, 1.54) is 11.3 Å². The van der Waals surface area contributed by atoms with E-state index >= 15 is 0 Å². The van der Waals surface area contributed by atoms with Crippen molar-refractivity contribution in [3.05, 3.63) is 42.0 Å². The Morgan fingerprint density at radius 3 is 2.78 bits per heavy atom. The quantitative estimate of drug-likeness (QED) is 0.914. The first kappa shape index (κ1) is 14.0. The summed E-state index contributed by atoms with van der Waals surface area (Å²) in [5.74, 6) is 1.28. The highest BCUT2D eigenvalue weighted by Crippen LogP contribution is 2.31. The van der Waals surface area contributed by atoms with Crippen molar-refractivity contribution in [1.82, 2.24) is 15.5 Å². The Morgan fingerprint density at radius 2 is 2.00 bits per heavy atom. The van der Waals surface area contributed by atoms with Crippen LogP contribution in [0.5, 0.6) is 0 Å². The molecule has 6 nitrogen and oxygen atoms in total. The smallest absolute Gasteiger partial charge is 0.320 e. The van der Waals surface area contributed by atoms with Crippen LogP contribution < -0.4 is 15.5 Å². The van der Waals surface area contributed by atoms with Crippen LogP contribution in [0, 0.1) is 0 Å². The zero-order valence-corrected chi connectivity index (χ0v) is 12.8. The molecule has 1 aromatic heterocycles. The third-order valence-corrected chi connectivity index (χ3v) is 4.19. The minimum Gasteiger partial charge on any atom is -0.335 e. The zero-order chi connectivity index (χ0) is 15.6. The average Bonchev–Trinajstić information content (AvgIpc) is 3.39. The maximum atomic E-state index is 11.7. The summed E-state index contributed by atoms with van der Waals surface area (Å²) < 4.78 is 0. The van der Waals surface area contributed by atoms with E-state index in [-0.39, 0.29) is 6.03 Å². The van der Waals surface area contributed by atoms with Gasteiger partial charge in [-0.05, 0) is 49.4 Å². The number of aryl methyl sites for hydroxylation is 1. The Hall–Kier alpha value is -2.63. The molecule has 0 unspecified atom stereocenters. The second kappa shape index (κ2) is 5.87. The van der Waals surface area contributed by atoms with Crippen LogP contribution in [-0.4, -0.2) is 28.8 Å². The first-order chi connectivity index (χ1) is 11.3. The highest BCUT2D eigenvalue weighted by molar-refractivity contribution is 5.88. The van der Waals surface area contributed by atoms with Crippen LogP contribution in [0.15, 0.2) is 36.4 Å². The molecular weight excluding hydrogens is 290 g/mol. The molecule has 23 heavy (non-hydrogen) atoms. The van der Waals surface area contributed by atoms with Crippen LogP contribution in [0.25, 0.3) is 0 Å². The molecule has 0 radical (unpaired) electrons. The molecular formula is C17H19N5O. The van der Waals surface area contributed by atoms with E-state index in [9.17, 15) is 4.79 Å². The molecule has 2 aromatic rings. The monoisotopic (exact) mass is 309 g/mol. The summed E-state index contributed by atoms with van der Waals surface area (Å²) in [5, 5.41) is 14.0. The van der Waals surface area contributed by atoms with Gasteiger partial charge >= 0.3 is 6.03 Å². The number of benzene rings is 1. The zero-order valence-electron chi connectivity index (χ0n) is 12.8.